The molecule has 0 radical (unpaired) electrons. The highest BCUT2D eigenvalue weighted by Gasteiger charge is 2.38. The molecular weight excluding hydrogens is 245 g/mol. The fraction of sp³-hybridized carbons (Fsp3) is 0.583. The quantitative estimate of drug-likeness (QED) is 0.885. The Balaban J connectivity index is 2.66. The van der Waals surface area contributed by atoms with Crippen LogP contribution in [0.25, 0.3) is 0 Å². The van der Waals surface area contributed by atoms with Crippen LogP contribution in [0.5, 0.6) is 5.75 Å². The summed E-state index contributed by atoms with van der Waals surface area (Å²) in [6.45, 7) is 5.67. The third-order valence-corrected chi connectivity index (χ3v) is 2.49. The van der Waals surface area contributed by atoms with E-state index >= 15 is 0 Å². The van der Waals surface area contributed by atoms with E-state index in [9.17, 15) is 13.2 Å². The highest BCUT2D eigenvalue weighted by Crippen LogP contribution is 2.24. The van der Waals surface area contributed by atoms with Gasteiger partial charge >= 0.3 is 6.18 Å². The number of nitrogens with zero attached hydrogens (tertiary/aromatic N) is 1. The van der Waals surface area contributed by atoms with Crippen LogP contribution in [0, 0.1) is 0 Å². The number of halogens is 3. The summed E-state index contributed by atoms with van der Waals surface area (Å²) in [6.07, 6.45) is -4.89. The number of hydrogen-bond acceptors (Lipinski definition) is 3. The van der Waals surface area contributed by atoms with Crippen LogP contribution in [-0.4, -0.2) is 23.8 Å². The lowest BCUT2D eigenvalue weighted by atomic mass is 10.2. The first-order chi connectivity index (χ1) is 8.34. The largest absolute Gasteiger partial charge is 0.480 e. The van der Waals surface area contributed by atoms with Gasteiger partial charge in [-0.25, -0.2) is 0 Å². The maximum absolute atomic E-state index is 12.3. The molecule has 0 spiro atoms. The molecule has 2 atom stereocenters. The summed E-state index contributed by atoms with van der Waals surface area (Å²) in [4.78, 5) is 4.08. The number of hydrogen-bond donors (Lipinski definition) is 1. The maximum Gasteiger partial charge on any atom is 0.425 e. The number of alkyl halides is 3. The smallest absolute Gasteiger partial charge is 0.425 e. The number of nitrogens with one attached hydrogen (secondary N) is 1. The molecule has 0 saturated heterocycles. The van der Waals surface area contributed by atoms with Crippen molar-refractivity contribution in [2.75, 3.05) is 6.54 Å². The Morgan fingerprint density at radius 3 is 2.44 bits per heavy atom. The Hall–Kier alpha value is -1.30. The molecule has 2 unspecified atom stereocenters. The zero-order valence-electron chi connectivity index (χ0n) is 10.6. The predicted octanol–water partition coefficient (Wildman–Crippen LogP) is 3.08. The van der Waals surface area contributed by atoms with Gasteiger partial charge < -0.3 is 10.1 Å². The molecule has 0 bridgehead atoms. The van der Waals surface area contributed by atoms with Crippen LogP contribution in [0.4, 0.5) is 13.2 Å². The first-order valence-electron chi connectivity index (χ1n) is 5.77. The average Bonchev–Trinajstić information content (AvgIpc) is 2.29. The Kier molecular flexibility index (Phi) is 4.95. The number of ether oxygens (including phenoxy) is 1. The van der Waals surface area contributed by atoms with Gasteiger partial charge in [-0.15, -0.1) is 0 Å². The Morgan fingerprint density at radius 2 is 2.00 bits per heavy atom. The zero-order valence-corrected chi connectivity index (χ0v) is 10.6. The fourth-order valence-corrected chi connectivity index (χ4v) is 1.40. The maximum atomic E-state index is 12.3. The first-order valence-corrected chi connectivity index (χ1v) is 5.77. The minimum Gasteiger partial charge on any atom is -0.480 e. The SMILES string of the molecule is CCNC(C)c1ccc(OC(C)C(F)(F)F)cn1. The summed E-state index contributed by atoms with van der Waals surface area (Å²) in [5.74, 6) is 0.118. The molecule has 0 amide bonds. The van der Waals surface area contributed by atoms with Gasteiger partial charge in [-0.2, -0.15) is 13.2 Å². The molecule has 6 heteroatoms. The molecule has 1 heterocycles. The van der Waals surface area contributed by atoms with Crippen molar-refractivity contribution in [3.05, 3.63) is 24.0 Å². The lowest BCUT2D eigenvalue weighted by molar-refractivity contribution is -0.189. The molecule has 102 valence electrons. The minimum absolute atomic E-state index is 0.0593. The first kappa shape index (κ1) is 14.8. The van der Waals surface area contributed by atoms with E-state index in [-0.39, 0.29) is 11.8 Å². The minimum atomic E-state index is -4.37. The van der Waals surface area contributed by atoms with E-state index in [1.165, 1.54) is 12.3 Å². The van der Waals surface area contributed by atoms with Gasteiger partial charge in [-0.3, -0.25) is 4.98 Å². The van der Waals surface area contributed by atoms with Crippen molar-refractivity contribution < 1.29 is 17.9 Å². The molecule has 1 aromatic rings. The molecule has 0 saturated carbocycles. The van der Waals surface area contributed by atoms with Gasteiger partial charge in [0, 0.05) is 6.04 Å². The van der Waals surface area contributed by atoms with Crippen LogP contribution < -0.4 is 10.1 Å². The highest BCUT2D eigenvalue weighted by atomic mass is 19.4. The highest BCUT2D eigenvalue weighted by molar-refractivity contribution is 5.21. The van der Waals surface area contributed by atoms with Crippen LogP contribution in [0.3, 0.4) is 0 Å². The van der Waals surface area contributed by atoms with Crippen LogP contribution >= 0.6 is 0 Å². The van der Waals surface area contributed by atoms with Crippen LogP contribution in [0.1, 0.15) is 32.5 Å². The predicted molar refractivity (Wildman–Crippen MR) is 62.5 cm³/mol. The molecule has 18 heavy (non-hydrogen) atoms. The third-order valence-electron chi connectivity index (χ3n) is 2.49. The van der Waals surface area contributed by atoms with Gasteiger partial charge in [0.25, 0.3) is 0 Å². The van der Waals surface area contributed by atoms with E-state index in [1.54, 1.807) is 6.07 Å². The Morgan fingerprint density at radius 1 is 1.33 bits per heavy atom. The third kappa shape index (κ3) is 4.18. The van der Waals surface area contributed by atoms with E-state index in [0.29, 0.717) is 0 Å². The standard InChI is InChI=1S/C12H17F3N2O/c1-4-16-8(2)11-6-5-10(7-17-11)18-9(3)12(13,14)15/h5-9,16H,4H2,1-3H3. The second kappa shape index (κ2) is 6.04. The van der Waals surface area contributed by atoms with Crippen molar-refractivity contribution in [3.8, 4) is 5.75 Å². The van der Waals surface area contributed by atoms with Crippen molar-refractivity contribution in [1.82, 2.24) is 10.3 Å². The lowest BCUT2D eigenvalue weighted by Gasteiger charge is -2.18. The van der Waals surface area contributed by atoms with Crippen molar-refractivity contribution in [1.29, 1.82) is 0 Å². The van der Waals surface area contributed by atoms with Gasteiger partial charge in [-0.05, 0) is 32.5 Å². The van der Waals surface area contributed by atoms with Gasteiger partial charge in [0.15, 0.2) is 6.10 Å². The van der Waals surface area contributed by atoms with Crippen LogP contribution in [-0.2, 0) is 0 Å². The lowest BCUT2D eigenvalue weighted by Crippen LogP contribution is -2.31. The molecule has 0 aliphatic rings. The van der Waals surface area contributed by atoms with Crippen LogP contribution in [0.15, 0.2) is 18.3 Å². The second-order valence-electron chi connectivity index (χ2n) is 4.00. The fourth-order valence-electron chi connectivity index (χ4n) is 1.40. The molecule has 1 N–H and O–H groups in total. The molecule has 0 fully saturated rings. The van der Waals surface area contributed by atoms with E-state index in [0.717, 1.165) is 19.2 Å². The van der Waals surface area contributed by atoms with Crippen LogP contribution in [0.2, 0.25) is 0 Å². The molecule has 1 aromatic heterocycles. The van der Waals surface area contributed by atoms with Gasteiger partial charge in [0.1, 0.15) is 5.75 Å². The van der Waals surface area contributed by atoms with Gasteiger partial charge in [0.05, 0.1) is 11.9 Å². The molecule has 3 nitrogen and oxygen atoms in total. The molecule has 0 aliphatic heterocycles. The second-order valence-corrected chi connectivity index (χ2v) is 4.00. The summed E-state index contributed by atoms with van der Waals surface area (Å²) in [6, 6.07) is 3.22. The number of pyridine rings is 1. The monoisotopic (exact) mass is 262 g/mol. The topological polar surface area (TPSA) is 34.1 Å². The summed E-state index contributed by atoms with van der Waals surface area (Å²) >= 11 is 0. The summed E-state index contributed by atoms with van der Waals surface area (Å²) in [5.41, 5.74) is 0.767. The van der Waals surface area contributed by atoms with E-state index in [1.807, 2.05) is 13.8 Å². The van der Waals surface area contributed by atoms with Gasteiger partial charge in [-0.1, -0.05) is 6.92 Å². The summed E-state index contributed by atoms with van der Waals surface area (Å²) < 4.78 is 41.6. The van der Waals surface area contributed by atoms with E-state index in [4.69, 9.17) is 4.74 Å². The Labute approximate surface area is 104 Å². The van der Waals surface area contributed by atoms with Crippen molar-refractivity contribution in [2.45, 2.75) is 39.1 Å². The zero-order chi connectivity index (χ0) is 13.8. The number of rotatable bonds is 5. The summed E-state index contributed by atoms with van der Waals surface area (Å²) in [5, 5.41) is 3.16. The van der Waals surface area contributed by atoms with Crippen molar-refractivity contribution in [2.24, 2.45) is 0 Å². The summed E-state index contributed by atoms with van der Waals surface area (Å²) in [7, 11) is 0. The number of aromatic nitrogens is 1. The molecular formula is C12H17F3N2O. The average molecular weight is 262 g/mol. The van der Waals surface area contributed by atoms with E-state index in [2.05, 4.69) is 10.3 Å². The molecule has 0 aliphatic carbocycles. The van der Waals surface area contributed by atoms with Gasteiger partial charge in [0.2, 0.25) is 0 Å². The van der Waals surface area contributed by atoms with E-state index < -0.39 is 12.3 Å². The molecule has 1 rings (SSSR count). The normalized spacial score (nSPS) is 15.2. The molecule has 0 aromatic carbocycles. The van der Waals surface area contributed by atoms with Crippen molar-refractivity contribution >= 4 is 0 Å². The van der Waals surface area contributed by atoms with Crippen molar-refractivity contribution in [3.63, 3.8) is 0 Å². The Bertz CT molecular complexity index is 365.